The molecule has 2 nitrogen and oxygen atoms in total. The van der Waals surface area contributed by atoms with Crippen LogP contribution in [0.5, 0.6) is 0 Å². The van der Waals surface area contributed by atoms with Crippen molar-refractivity contribution in [2.45, 2.75) is 19.9 Å². The predicted octanol–water partition coefficient (Wildman–Crippen LogP) is 3.80. The van der Waals surface area contributed by atoms with E-state index >= 15 is 0 Å². The van der Waals surface area contributed by atoms with Gasteiger partial charge in [0.15, 0.2) is 5.17 Å². The van der Waals surface area contributed by atoms with Crippen LogP contribution in [0.4, 0.5) is 10.1 Å². The number of nitrogens with one attached hydrogen (secondary N) is 1. The van der Waals surface area contributed by atoms with Crippen molar-refractivity contribution in [3.05, 3.63) is 28.0 Å². The van der Waals surface area contributed by atoms with Gasteiger partial charge in [-0.15, -0.1) is 0 Å². The van der Waals surface area contributed by atoms with E-state index in [1.165, 1.54) is 6.07 Å². The number of amidine groups is 1. The Hall–Kier alpha value is -0.550. The number of hydrogen-bond donors (Lipinski definition) is 1. The Morgan fingerprint density at radius 3 is 2.94 bits per heavy atom. The van der Waals surface area contributed by atoms with Crippen LogP contribution < -0.4 is 5.32 Å². The SMILES string of the molecule is Cc1cc(Br)c(F)cc1NC1=NC(C)CS1. The highest BCUT2D eigenvalue weighted by atomic mass is 79.9. The molecule has 1 N–H and O–H groups in total. The van der Waals surface area contributed by atoms with E-state index < -0.39 is 0 Å². The molecule has 86 valence electrons. The van der Waals surface area contributed by atoms with Crippen molar-refractivity contribution in [3.63, 3.8) is 0 Å². The van der Waals surface area contributed by atoms with Gasteiger partial charge in [0.1, 0.15) is 5.82 Å². The maximum atomic E-state index is 13.4. The van der Waals surface area contributed by atoms with E-state index in [0.717, 1.165) is 22.2 Å². The lowest BCUT2D eigenvalue weighted by Crippen LogP contribution is -2.07. The van der Waals surface area contributed by atoms with Gasteiger partial charge in [0.05, 0.1) is 10.5 Å². The number of aliphatic imine (C=N–C) groups is 1. The molecule has 0 aromatic heterocycles. The highest BCUT2D eigenvalue weighted by molar-refractivity contribution is 9.10. The van der Waals surface area contributed by atoms with Crippen LogP contribution in [-0.2, 0) is 0 Å². The number of hydrogen-bond acceptors (Lipinski definition) is 3. The standard InChI is InChI=1S/C11H12BrFN2S/c1-6-3-8(12)9(13)4-10(6)15-11-14-7(2)5-16-11/h3-4,7H,5H2,1-2H3,(H,14,15). The molecule has 0 bridgehead atoms. The second kappa shape index (κ2) is 4.75. The molecular weight excluding hydrogens is 291 g/mol. The molecule has 1 aromatic carbocycles. The fourth-order valence-electron chi connectivity index (χ4n) is 1.44. The Balaban J connectivity index is 2.22. The summed E-state index contributed by atoms with van der Waals surface area (Å²) in [5.41, 5.74) is 1.78. The molecule has 0 fully saturated rings. The first-order valence-electron chi connectivity index (χ1n) is 4.99. The van der Waals surface area contributed by atoms with Gasteiger partial charge >= 0.3 is 0 Å². The average Bonchev–Trinajstić information content (AvgIpc) is 2.60. The first-order valence-corrected chi connectivity index (χ1v) is 6.77. The van der Waals surface area contributed by atoms with Crippen LogP contribution in [-0.4, -0.2) is 17.0 Å². The van der Waals surface area contributed by atoms with Crippen molar-refractivity contribution in [1.29, 1.82) is 0 Å². The van der Waals surface area contributed by atoms with Crippen LogP contribution in [0.2, 0.25) is 0 Å². The minimum Gasteiger partial charge on any atom is -0.335 e. The fourth-order valence-corrected chi connectivity index (χ4v) is 2.81. The number of halogens is 2. The monoisotopic (exact) mass is 302 g/mol. The van der Waals surface area contributed by atoms with Gasteiger partial charge < -0.3 is 5.32 Å². The summed E-state index contributed by atoms with van der Waals surface area (Å²) in [6.07, 6.45) is 0. The largest absolute Gasteiger partial charge is 0.335 e. The number of anilines is 1. The summed E-state index contributed by atoms with van der Waals surface area (Å²) >= 11 is 4.83. The number of benzene rings is 1. The molecule has 0 amide bonds. The Labute approximate surface area is 107 Å². The molecule has 0 saturated heterocycles. The van der Waals surface area contributed by atoms with Crippen molar-refractivity contribution in [1.82, 2.24) is 0 Å². The van der Waals surface area contributed by atoms with Crippen molar-refractivity contribution in [3.8, 4) is 0 Å². The summed E-state index contributed by atoms with van der Waals surface area (Å²) in [5.74, 6) is 0.727. The van der Waals surface area contributed by atoms with E-state index in [1.54, 1.807) is 17.8 Å². The molecule has 2 rings (SSSR count). The van der Waals surface area contributed by atoms with E-state index in [1.807, 2.05) is 6.92 Å². The molecule has 5 heteroatoms. The predicted molar refractivity (Wildman–Crippen MR) is 71.8 cm³/mol. The quantitative estimate of drug-likeness (QED) is 0.853. The minimum atomic E-state index is -0.259. The average molecular weight is 303 g/mol. The molecule has 1 aliphatic heterocycles. The number of rotatable bonds is 1. The first-order chi connectivity index (χ1) is 7.56. The summed E-state index contributed by atoms with van der Waals surface area (Å²) in [6.45, 7) is 4.01. The molecule has 1 atom stereocenters. The van der Waals surface area contributed by atoms with Gasteiger partial charge in [0.2, 0.25) is 0 Å². The Bertz CT molecular complexity index is 448. The summed E-state index contributed by atoms with van der Waals surface area (Å²) < 4.78 is 13.9. The molecule has 0 aliphatic carbocycles. The normalized spacial score (nSPS) is 19.8. The van der Waals surface area contributed by atoms with Gasteiger partial charge in [0.25, 0.3) is 0 Å². The van der Waals surface area contributed by atoms with Crippen molar-refractivity contribution in [2.24, 2.45) is 4.99 Å². The van der Waals surface area contributed by atoms with Crippen LogP contribution in [0.1, 0.15) is 12.5 Å². The molecule has 1 aromatic rings. The smallest absolute Gasteiger partial charge is 0.161 e. The maximum Gasteiger partial charge on any atom is 0.161 e. The molecule has 1 heterocycles. The third-order valence-corrected chi connectivity index (χ3v) is 4.05. The number of nitrogens with zero attached hydrogens (tertiary/aromatic N) is 1. The van der Waals surface area contributed by atoms with E-state index in [9.17, 15) is 4.39 Å². The molecular formula is C11H12BrFN2S. The van der Waals surface area contributed by atoms with Crippen LogP contribution in [0.15, 0.2) is 21.6 Å². The fraction of sp³-hybridized carbons (Fsp3) is 0.364. The van der Waals surface area contributed by atoms with Crippen molar-refractivity contribution >= 4 is 38.5 Å². The Morgan fingerprint density at radius 2 is 2.31 bits per heavy atom. The summed E-state index contributed by atoms with van der Waals surface area (Å²) in [6, 6.07) is 3.60. The zero-order chi connectivity index (χ0) is 11.7. The zero-order valence-corrected chi connectivity index (χ0v) is 11.5. The van der Waals surface area contributed by atoms with Gasteiger partial charge in [0, 0.05) is 11.4 Å². The number of aryl methyl sites for hydroxylation is 1. The molecule has 0 radical (unpaired) electrons. The Kier molecular flexibility index (Phi) is 3.54. The summed E-state index contributed by atoms with van der Waals surface area (Å²) in [4.78, 5) is 4.41. The second-order valence-electron chi connectivity index (χ2n) is 3.80. The first kappa shape index (κ1) is 11.9. The molecule has 1 aliphatic rings. The molecule has 16 heavy (non-hydrogen) atoms. The third kappa shape index (κ3) is 2.58. The van der Waals surface area contributed by atoms with Gasteiger partial charge in [-0.3, -0.25) is 4.99 Å². The topological polar surface area (TPSA) is 24.4 Å². The molecule has 0 saturated carbocycles. The lowest BCUT2D eigenvalue weighted by Gasteiger charge is -2.09. The Morgan fingerprint density at radius 1 is 1.56 bits per heavy atom. The highest BCUT2D eigenvalue weighted by Gasteiger charge is 2.15. The van der Waals surface area contributed by atoms with Gasteiger partial charge in [-0.2, -0.15) is 0 Å². The maximum absolute atomic E-state index is 13.4. The molecule has 1 unspecified atom stereocenters. The third-order valence-electron chi connectivity index (χ3n) is 2.31. The van der Waals surface area contributed by atoms with Crippen LogP contribution in [0.25, 0.3) is 0 Å². The van der Waals surface area contributed by atoms with Crippen molar-refractivity contribution < 1.29 is 4.39 Å². The van der Waals surface area contributed by atoms with Gasteiger partial charge in [-0.05, 0) is 47.5 Å². The van der Waals surface area contributed by atoms with Gasteiger partial charge in [-0.25, -0.2) is 4.39 Å². The second-order valence-corrected chi connectivity index (χ2v) is 5.66. The number of thioether (sulfide) groups is 1. The highest BCUT2D eigenvalue weighted by Crippen LogP contribution is 2.26. The van der Waals surface area contributed by atoms with Gasteiger partial charge in [-0.1, -0.05) is 11.8 Å². The van der Waals surface area contributed by atoms with E-state index in [-0.39, 0.29) is 5.82 Å². The van der Waals surface area contributed by atoms with E-state index in [0.29, 0.717) is 10.5 Å². The van der Waals surface area contributed by atoms with Crippen LogP contribution >= 0.6 is 27.7 Å². The van der Waals surface area contributed by atoms with Crippen LogP contribution in [0, 0.1) is 12.7 Å². The summed E-state index contributed by atoms with van der Waals surface area (Å²) in [7, 11) is 0. The summed E-state index contributed by atoms with van der Waals surface area (Å²) in [5, 5.41) is 4.03. The lowest BCUT2D eigenvalue weighted by molar-refractivity contribution is 0.621. The minimum absolute atomic E-state index is 0.259. The van der Waals surface area contributed by atoms with E-state index in [4.69, 9.17) is 0 Å². The van der Waals surface area contributed by atoms with Crippen molar-refractivity contribution in [2.75, 3.05) is 11.1 Å². The molecule has 0 spiro atoms. The lowest BCUT2D eigenvalue weighted by atomic mass is 10.2. The van der Waals surface area contributed by atoms with E-state index in [2.05, 4.69) is 33.2 Å². The zero-order valence-electron chi connectivity index (χ0n) is 9.05. The van der Waals surface area contributed by atoms with Crippen LogP contribution in [0.3, 0.4) is 0 Å².